The van der Waals surface area contributed by atoms with E-state index >= 15 is 0 Å². The fraction of sp³-hybridized carbons (Fsp3) is 0.870. The molecule has 0 radical (unpaired) electrons. The number of carbonyl (C=O) groups excluding carboxylic acids is 1. The standard InChI is InChI=1S/C54H105N2O6P/c1-6-8-10-12-14-16-18-20-22-23-24-25-26-27-28-29-30-31-32-34-36-38-40-42-44-46-48-54(58)55-52(51-62-63(59,60)61-50-49-56(3,4)5)53(57)47-45-43-41-39-37-35-33-21-19-17-15-13-11-9-7-2/h19,21,37,39,45,47,52-53,57H,6-18,20,22-36,38,40-44,46,48-51H2,1-5H3,(H-,55,58,59,60)/p+1/b21-19+,39-37+,47-45+. The van der Waals surface area contributed by atoms with E-state index in [9.17, 15) is 19.4 Å². The molecule has 3 unspecified atom stereocenters. The second-order valence-corrected chi connectivity index (χ2v) is 21.0. The van der Waals surface area contributed by atoms with Crippen molar-refractivity contribution in [1.29, 1.82) is 0 Å². The number of carbonyl (C=O) groups is 1. The number of quaternary nitrogens is 1. The molecule has 0 spiro atoms. The van der Waals surface area contributed by atoms with Gasteiger partial charge in [0.15, 0.2) is 0 Å². The summed E-state index contributed by atoms with van der Waals surface area (Å²) >= 11 is 0. The highest BCUT2D eigenvalue weighted by Crippen LogP contribution is 2.43. The van der Waals surface area contributed by atoms with Crippen LogP contribution in [0.3, 0.4) is 0 Å². The minimum Gasteiger partial charge on any atom is -0.387 e. The summed E-state index contributed by atoms with van der Waals surface area (Å²) in [6, 6.07) is -0.866. The zero-order chi connectivity index (χ0) is 46.4. The number of aliphatic hydroxyl groups excluding tert-OH is 1. The molecule has 0 fully saturated rings. The number of phosphoric ester groups is 1. The van der Waals surface area contributed by atoms with Crippen LogP contribution in [0.4, 0.5) is 0 Å². The van der Waals surface area contributed by atoms with Gasteiger partial charge in [0.2, 0.25) is 5.91 Å². The first kappa shape index (κ1) is 61.7. The first-order chi connectivity index (χ1) is 30.5. The number of nitrogens with one attached hydrogen (secondary N) is 1. The Balaban J connectivity index is 4.20. The van der Waals surface area contributed by atoms with Crippen LogP contribution in [0.25, 0.3) is 0 Å². The van der Waals surface area contributed by atoms with E-state index in [1.165, 1.54) is 186 Å². The van der Waals surface area contributed by atoms with Crippen molar-refractivity contribution >= 4 is 13.7 Å². The summed E-state index contributed by atoms with van der Waals surface area (Å²) in [5, 5.41) is 13.9. The molecule has 0 aliphatic rings. The van der Waals surface area contributed by atoms with Crippen molar-refractivity contribution in [3.8, 4) is 0 Å². The Bertz CT molecular complexity index is 1120. The van der Waals surface area contributed by atoms with E-state index < -0.39 is 20.0 Å². The van der Waals surface area contributed by atoms with Crippen molar-refractivity contribution in [3.63, 3.8) is 0 Å². The van der Waals surface area contributed by atoms with Gasteiger partial charge in [-0.3, -0.25) is 13.8 Å². The number of hydrogen-bond acceptors (Lipinski definition) is 5. The highest BCUT2D eigenvalue weighted by Gasteiger charge is 2.27. The number of allylic oxidation sites excluding steroid dienone is 5. The van der Waals surface area contributed by atoms with E-state index in [-0.39, 0.29) is 19.1 Å². The van der Waals surface area contributed by atoms with Crippen molar-refractivity contribution in [3.05, 3.63) is 36.5 Å². The summed E-state index contributed by atoms with van der Waals surface area (Å²) in [6.45, 7) is 4.79. The van der Waals surface area contributed by atoms with Gasteiger partial charge in [0, 0.05) is 6.42 Å². The zero-order valence-electron chi connectivity index (χ0n) is 42.3. The first-order valence-corrected chi connectivity index (χ1v) is 28.4. The van der Waals surface area contributed by atoms with E-state index in [1.807, 2.05) is 27.2 Å². The third kappa shape index (κ3) is 48.5. The molecule has 0 aliphatic heterocycles. The molecule has 0 aromatic carbocycles. The van der Waals surface area contributed by atoms with Gasteiger partial charge in [0.25, 0.3) is 0 Å². The lowest BCUT2D eigenvalue weighted by Gasteiger charge is -2.25. The van der Waals surface area contributed by atoms with Crippen LogP contribution in [0, 0.1) is 0 Å². The molecule has 8 nitrogen and oxygen atoms in total. The Morgan fingerprint density at radius 1 is 0.524 bits per heavy atom. The lowest BCUT2D eigenvalue weighted by atomic mass is 10.0. The first-order valence-electron chi connectivity index (χ1n) is 26.9. The van der Waals surface area contributed by atoms with Gasteiger partial charge < -0.3 is 19.8 Å². The molecule has 0 saturated carbocycles. The molecule has 9 heteroatoms. The highest BCUT2D eigenvalue weighted by molar-refractivity contribution is 7.47. The summed E-state index contributed by atoms with van der Waals surface area (Å²) in [4.78, 5) is 23.2. The fourth-order valence-electron chi connectivity index (χ4n) is 7.84. The van der Waals surface area contributed by atoms with Gasteiger partial charge in [-0.15, -0.1) is 0 Å². The monoisotopic (exact) mass is 910 g/mol. The Labute approximate surface area is 391 Å². The summed E-state index contributed by atoms with van der Waals surface area (Å²) in [5.41, 5.74) is 0. The maximum absolute atomic E-state index is 12.9. The molecule has 1 amide bonds. The number of amides is 1. The summed E-state index contributed by atoms with van der Waals surface area (Å²) in [7, 11) is 1.55. The molecular formula is C54H106N2O6P+. The van der Waals surface area contributed by atoms with Crippen molar-refractivity contribution in [2.45, 2.75) is 264 Å². The molecule has 0 aliphatic carbocycles. The van der Waals surface area contributed by atoms with Gasteiger partial charge in [-0.2, -0.15) is 0 Å². The Hall–Kier alpha value is -1.28. The van der Waals surface area contributed by atoms with Gasteiger partial charge in [-0.05, 0) is 44.9 Å². The van der Waals surface area contributed by atoms with E-state index in [0.717, 1.165) is 44.9 Å². The predicted octanol–water partition coefficient (Wildman–Crippen LogP) is 15.8. The average molecular weight is 910 g/mol. The topological polar surface area (TPSA) is 105 Å². The summed E-state index contributed by atoms with van der Waals surface area (Å²) in [5.74, 6) is -0.187. The van der Waals surface area contributed by atoms with E-state index in [0.29, 0.717) is 17.4 Å². The zero-order valence-corrected chi connectivity index (χ0v) is 43.2. The SMILES string of the molecule is CCCCCCC/C=C/CC/C=C/CC/C=C/C(O)C(COP(=O)(O)OCC[N+](C)(C)C)NC(=O)CCCCCCCCCCCCCCCCCCCCCCCCCCCC. The number of rotatable bonds is 49. The average Bonchev–Trinajstić information content (AvgIpc) is 3.24. The lowest BCUT2D eigenvalue weighted by molar-refractivity contribution is -0.870. The van der Waals surface area contributed by atoms with Crippen molar-refractivity contribution < 1.29 is 32.9 Å². The smallest absolute Gasteiger partial charge is 0.387 e. The second kappa shape index (κ2) is 45.9. The maximum Gasteiger partial charge on any atom is 0.472 e. The second-order valence-electron chi connectivity index (χ2n) is 19.6. The summed E-state index contributed by atoms with van der Waals surface area (Å²) in [6.07, 6.45) is 58.2. The molecule has 0 aromatic heterocycles. The molecule has 0 bridgehead atoms. The number of unbranched alkanes of at least 4 members (excludes halogenated alkanes) is 32. The predicted molar refractivity (Wildman–Crippen MR) is 272 cm³/mol. The van der Waals surface area contributed by atoms with Crippen molar-refractivity contribution in [2.24, 2.45) is 0 Å². The number of likely N-dealkylation sites (N-methyl/N-ethyl adjacent to an activating group) is 1. The number of aliphatic hydroxyl groups is 1. The van der Waals surface area contributed by atoms with E-state index in [2.05, 4.69) is 43.5 Å². The van der Waals surface area contributed by atoms with Crippen LogP contribution < -0.4 is 5.32 Å². The normalized spacial score (nSPS) is 14.3. The number of nitrogens with zero attached hydrogens (tertiary/aromatic N) is 1. The Morgan fingerprint density at radius 2 is 0.873 bits per heavy atom. The third-order valence-corrected chi connectivity index (χ3v) is 13.1. The van der Waals surface area contributed by atoms with Crippen LogP contribution in [0.5, 0.6) is 0 Å². The van der Waals surface area contributed by atoms with Crippen molar-refractivity contribution in [2.75, 3.05) is 40.9 Å². The molecule has 0 heterocycles. The largest absolute Gasteiger partial charge is 0.472 e. The third-order valence-electron chi connectivity index (χ3n) is 12.1. The molecule has 0 saturated heterocycles. The maximum atomic E-state index is 12.9. The number of hydrogen-bond donors (Lipinski definition) is 3. The van der Waals surface area contributed by atoms with Gasteiger partial charge >= 0.3 is 7.82 Å². The fourth-order valence-corrected chi connectivity index (χ4v) is 8.58. The molecule has 63 heavy (non-hydrogen) atoms. The molecule has 3 atom stereocenters. The van der Waals surface area contributed by atoms with E-state index in [4.69, 9.17) is 9.05 Å². The number of phosphoric acid groups is 1. The van der Waals surface area contributed by atoms with Gasteiger partial charge in [-0.25, -0.2) is 4.57 Å². The minimum atomic E-state index is -4.35. The van der Waals surface area contributed by atoms with Crippen molar-refractivity contribution in [1.82, 2.24) is 5.32 Å². The highest BCUT2D eigenvalue weighted by atomic mass is 31.2. The van der Waals surface area contributed by atoms with Crippen LogP contribution in [-0.2, 0) is 18.4 Å². The molecule has 372 valence electrons. The molecule has 0 rings (SSSR count). The molecule has 3 N–H and O–H groups in total. The lowest BCUT2D eigenvalue weighted by Crippen LogP contribution is -2.45. The Morgan fingerprint density at radius 3 is 1.27 bits per heavy atom. The van der Waals surface area contributed by atoms with Crippen LogP contribution in [-0.4, -0.2) is 73.4 Å². The van der Waals surface area contributed by atoms with Gasteiger partial charge in [-0.1, -0.05) is 237 Å². The Kier molecular flexibility index (Phi) is 44.9. The van der Waals surface area contributed by atoms with Crippen LogP contribution in [0.15, 0.2) is 36.5 Å². The van der Waals surface area contributed by atoms with E-state index in [1.54, 1.807) is 6.08 Å². The van der Waals surface area contributed by atoms with Crippen LogP contribution >= 0.6 is 7.82 Å². The molecule has 0 aromatic rings. The summed E-state index contributed by atoms with van der Waals surface area (Å²) < 4.78 is 23.6. The van der Waals surface area contributed by atoms with Gasteiger partial charge in [0.05, 0.1) is 39.9 Å². The van der Waals surface area contributed by atoms with Gasteiger partial charge in [0.1, 0.15) is 13.2 Å². The minimum absolute atomic E-state index is 0.0549. The van der Waals surface area contributed by atoms with Crippen LogP contribution in [0.1, 0.15) is 251 Å². The quantitative estimate of drug-likeness (QED) is 0.0243. The van der Waals surface area contributed by atoms with Crippen LogP contribution in [0.2, 0.25) is 0 Å². The molecular weight excluding hydrogens is 804 g/mol.